The van der Waals surface area contributed by atoms with Gasteiger partial charge in [0.2, 0.25) is 17.7 Å². The van der Waals surface area contributed by atoms with Crippen molar-refractivity contribution in [3.05, 3.63) is 36.0 Å². The highest BCUT2D eigenvalue weighted by molar-refractivity contribution is 5.94. The number of hydrogen-bond acceptors (Lipinski definition) is 6. The maximum atomic E-state index is 12.7. The summed E-state index contributed by atoms with van der Waals surface area (Å²) in [6, 6.07) is 3.31. The Hall–Kier alpha value is -3.44. The fourth-order valence-corrected chi connectivity index (χ4v) is 3.99. The molecule has 11 heteroatoms. The highest BCUT2D eigenvalue weighted by Gasteiger charge is 2.37. The highest BCUT2D eigenvalue weighted by atomic mass is 16.4. The molecule has 2 aromatic rings. The summed E-state index contributed by atoms with van der Waals surface area (Å²) < 4.78 is 0. The van der Waals surface area contributed by atoms with Crippen LogP contribution in [-0.2, 0) is 25.6 Å². The molecule has 1 fully saturated rings. The number of hydrogen-bond donors (Lipinski definition) is 6. The van der Waals surface area contributed by atoms with Crippen LogP contribution in [0.3, 0.4) is 0 Å². The zero-order chi connectivity index (χ0) is 24.1. The first-order chi connectivity index (χ1) is 15.7. The van der Waals surface area contributed by atoms with Gasteiger partial charge in [-0.05, 0) is 31.4 Å². The van der Waals surface area contributed by atoms with E-state index in [-0.39, 0.29) is 6.42 Å². The molecule has 0 radical (unpaired) electrons. The molecule has 0 saturated carbocycles. The molecular weight excluding hydrogens is 430 g/mol. The van der Waals surface area contributed by atoms with Gasteiger partial charge in [-0.3, -0.25) is 14.4 Å². The van der Waals surface area contributed by atoms with Crippen LogP contribution in [0.5, 0.6) is 0 Å². The highest BCUT2D eigenvalue weighted by Crippen LogP contribution is 2.20. The zero-order valence-electron chi connectivity index (χ0n) is 18.3. The van der Waals surface area contributed by atoms with Crippen LogP contribution in [0.15, 0.2) is 30.5 Å². The van der Waals surface area contributed by atoms with Crippen molar-refractivity contribution in [1.82, 2.24) is 20.5 Å². The van der Waals surface area contributed by atoms with E-state index in [1.807, 2.05) is 24.3 Å². The van der Waals surface area contributed by atoms with E-state index >= 15 is 0 Å². The van der Waals surface area contributed by atoms with Gasteiger partial charge in [-0.25, -0.2) is 4.79 Å². The molecule has 3 rings (SSSR count). The Morgan fingerprint density at radius 1 is 1.24 bits per heavy atom. The number of carboxylic acids is 1. The summed E-state index contributed by atoms with van der Waals surface area (Å²) in [6.45, 7) is 1.24. The second kappa shape index (κ2) is 10.5. The summed E-state index contributed by atoms with van der Waals surface area (Å²) in [6.07, 6.45) is 2.77. The van der Waals surface area contributed by atoms with Crippen molar-refractivity contribution in [2.75, 3.05) is 13.2 Å². The number of rotatable bonds is 9. The van der Waals surface area contributed by atoms with Gasteiger partial charge in [0, 0.05) is 30.1 Å². The molecule has 1 saturated heterocycles. The average Bonchev–Trinajstić information content (AvgIpc) is 3.45. The molecular formula is C22H29N5O6. The van der Waals surface area contributed by atoms with Gasteiger partial charge in [-0.15, -0.1) is 0 Å². The Bertz CT molecular complexity index is 1040. The topological polar surface area (TPSA) is 178 Å². The first-order valence-electron chi connectivity index (χ1n) is 10.8. The summed E-state index contributed by atoms with van der Waals surface area (Å²) in [7, 11) is 0. The molecule has 4 atom stereocenters. The second-order valence-corrected chi connectivity index (χ2v) is 8.17. The molecule has 1 aliphatic heterocycles. The van der Waals surface area contributed by atoms with Crippen LogP contribution in [0.2, 0.25) is 0 Å². The predicted octanol–water partition coefficient (Wildman–Crippen LogP) is -0.905. The van der Waals surface area contributed by atoms with Crippen molar-refractivity contribution in [3.8, 4) is 0 Å². The molecule has 11 nitrogen and oxygen atoms in total. The van der Waals surface area contributed by atoms with Gasteiger partial charge in [0.05, 0.1) is 6.61 Å². The quantitative estimate of drug-likeness (QED) is 0.281. The number of aromatic amines is 1. The normalized spacial score (nSPS) is 18.5. The number of H-pyrrole nitrogens is 1. The summed E-state index contributed by atoms with van der Waals surface area (Å²) in [4.78, 5) is 53.8. The van der Waals surface area contributed by atoms with Gasteiger partial charge < -0.3 is 36.5 Å². The first kappa shape index (κ1) is 24.2. The fraction of sp³-hybridized carbons (Fsp3) is 0.455. The number of carboxylic acid groups (broad SMARTS) is 1. The predicted molar refractivity (Wildman–Crippen MR) is 119 cm³/mol. The molecule has 0 spiro atoms. The van der Waals surface area contributed by atoms with E-state index in [2.05, 4.69) is 15.6 Å². The molecule has 1 aromatic heterocycles. The number of carbonyl (C=O) groups is 4. The minimum absolute atomic E-state index is 0.0652. The number of nitrogens with two attached hydrogens (primary N) is 1. The number of nitrogens with zero attached hydrogens (tertiary/aromatic N) is 1. The number of para-hydroxylation sites is 1. The van der Waals surface area contributed by atoms with Crippen LogP contribution in [0.4, 0.5) is 0 Å². The monoisotopic (exact) mass is 459 g/mol. The molecule has 178 valence electrons. The van der Waals surface area contributed by atoms with Crippen LogP contribution in [0, 0.1) is 0 Å². The van der Waals surface area contributed by atoms with E-state index in [0.29, 0.717) is 19.4 Å². The Labute approximate surface area is 190 Å². The molecule has 4 unspecified atom stereocenters. The molecule has 3 amide bonds. The Morgan fingerprint density at radius 2 is 1.97 bits per heavy atom. The molecule has 2 heterocycles. The molecule has 1 aromatic carbocycles. The fourth-order valence-electron chi connectivity index (χ4n) is 3.99. The van der Waals surface area contributed by atoms with Crippen molar-refractivity contribution in [2.45, 2.75) is 50.4 Å². The van der Waals surface area contributed by atoms with Gasteiger partial charge in [-0.1, -0.05) is 18.2 Å². The van der Waals surface area contributed by atoms with Crippen molar-refractivity contribution >= 4 is 34.6 Å². The average molecular weight is 460 g/mol. The zero-order valence-corrected chi connectivity index (χ0v) is 18.3. The standard InChI is InChI=1S/C22H29N5O6/c1-12(25-20(30)18-7-4-8-27(18)21(31)15(23)11-28)19(29)26-17(22(32)33)9-13-10-24-16-6-3-2-5-14(13)16/h2-3,5-6,10,12,15,17-18,24,28H,4,7-9,11,23H2,1H3,(H,25,30)(H,26,29)(H,32,33). The van der Waals surface area contributed by atoms with Crippen molar-refractivity contribution in [3.63, 3.8) is 0 Å². The smallest absolute Gasteiger partial charge is 0.326 e. The molecule has 0 bridgehead atoms. The van der Waals surface area contributed by atoms with Crippen LogP contribution in [0.25, 0.3) is 10.9 Å². The summed E-state index contributed by atoms with van der Waals surface area (Å²) in [5.74, 6) is -2.91. The van der Waals surface area contributed by atoms with Gasteiger partial charge in [-0.2, -0.15) is 0 Å². The number of aromatic nitrogens is 1. The molecule has 1 aliphatic rings. The van der Waals surface area contributed by atoms with Crippen molar-refractivity contribution < 1.29 is 29.4 Å². The molecule has 0 aliphatic carbocycles. The first-order valence-corrected chi connectivity index (χ1v) is 10.8. The van der Waals surface area contributed by atoms with Crippen molar-refractivity contribution in [1.29, 1.82) is 0 Å². The van der Waals surface area contributed by atoms with Crippen LogP contribution in [-0.4, -0.2) is 81.1 Å². The molecule has 33 heavy (non-hydrogen) atoms. The minimum atomic E-state index is -1.20. The number of aliphatic carboxylic acids is 1. The Morgan fingerprint density at radius 3 is 2.67 bits per heavy atom. The number of aliphatic hydroxyl groups is 1. The number of fused-ring (bicyclic) bond motifs is 1. The van der Waals surface area contributed by atoms with Gasteiger partial charge in [0.15, 0.2) is 0 Å². The van der Waals surface area contributed by atoms with Crippen LogP contribution < -0.4 is 16.4 Å². The van der Waals surface area contributed by atoms with E-state index in [1.54, 1.807) is 6.20 Å². The minimum Gasteiger partial charge on any atom is -0.480 e. The van der Waals surface area contributed by atoms with Crippen LogP contribution >= 0.6 is 0 Å². The van der Waals surface area contributed by atoms with E-state index < -0.39 is 54.5 Å². The lowest BCUT2D eigenvalue weighted by Gasteiger charge is -2.27. The second-order valence-electron chi connectivity index (χ2n) is 8.17. The SMILES string of the molecule is CC(NC(=O)C1CCCN1C(=O)C(N)CO)C(=O)NC(Cc1c[nH]c2ccccc12)C(=O)O. The van der Waals surface area contributed by atoms with Gasteiger partial charge in [0.1, 0.15) is 24.2 Å². The maximum Gasteiger partial charge on any atom is 0.326 e. The lowest BCUT2D eigenvalue weighted by Crippen LogP contribution is -2.56. The van der Waals surface area contributed by atoms with E-state index in [4.69, 9.17) is 10.8 Å². The largest absolute Gasteiger partial charge is 0.480 e. The Balaban J connectivity index is 1.61. The van der Waals surface area contributed by atoms with Gasteiger partial charge in [0.25, 0.3) is 0 Å². The summed E-state index contributed by atoms with van der Waals surface area (Å²) >= 11 is 0. The third-order valence-electron chi connectivity index (χ3n) is 5.82. The Kier molecular flexibility index (Phi) is 7.67. The third kappa shape index (κ3) is 5.49. The number of amides is 3. The van der Waals surface area contributed by atoms with E-state index in [1.165, 1.54) is 11.8 Å². The lowest BCUT2D eigenvalue weighted by molar-refractivity contribution is -0.143. The lowest BCUT2D eigenvalue weighted by atomic mass is 10.0. The summed E-state index contributed by atoms with van der Waals surface area (Å²) in [5.41, 5.74) is 7.19. The number of carbonyl (C=O) groups excluding carboxylic acids is 3. The number of likely N-dealkylation sites (tertiary alicyclic amines) is 1. The van der Waals surface area contributed by atoms with Crippen molar-refractivity contribution in [2.24, 2.45) is 5.73 Å². The number of benzene rings is 1. The third-order valence-corrected chi connectivity index (χ3v) is 5.82. The molecule has 7 N–H and O–H groups in total. The summed E-state index contributed by atoms with van der Waals surface area (Å²) in [5, 5.41) is 24.6. The van der Waals surface area contributed by atoms with E-state index in [9.17, 15) is 24.3 Å². The maximum absolute atomic E-state index is 12.7. The number of aliphatic hydroxyl groups excluding tert-OH is 1. The van der Waals surface area contributed by atoms with E-state index in [0.717, 1.165) is 16.5 Å². The van der Waals surface area contributed by atoms with Crippen LogP contribution in [0.1, 0.15) is 25.3 Å². The number of nitrogens with one attached hydrogen (secondary N) is 3. The van der Waals surface area contributed by atoms with Gasteiger partial charge >= 0.3 is 5.97 Å².